The maximum Gasteiger partial charge on any atom is 0.426 e. The Kier molecular flexibility index (Phi) is 3.00. The molecule has 0 amide bonds. The van der Waals surface area contributed by atoms with Crippen LogP contribution in [0.25, 0.3) is 15.7 Å². The molecule has 0 radical (unpaired) electrons. The zero-order valence-corrected chi connectivity index (χ0v) is 12.2. The van der Waals surface area contributed by atoms with Crippen molar-refractivity contribution in [3.8, 4) is 11.5 Å². The Bertz CT molecular complexity index is 1050. The first-order valence-corrected chi connectivity index (χ1v) is 7.13. The normalized spacial score (nSPS) is 12.6. The smallest absolute Gasteiger partial charge is 0.426 e. The zero-order valence-electron chi connectivity index (χ0n) is 12.2. The third-order valence-corrected chi connectivity index (χ3v) is 3.82. The molecule has 0 aliphatic carbocycles. The van der Waals surface area contributed by atoms with Crippen molar-refractivity contribution in [3.05, 3.63) is 70.7 Å². The van der Waals surface area contributed by atoms with Crippen molar-refractivity contribution in [2.45, 2.75) is 0 Å². The predicted molar refractivity (Wildman–Crippen MR) is 85.0 cm³/mol. The summed E-state index contributed by atoms with van der Waals surface area (Å²) in [5.41, 5.74) is 0.897. The van der Waals surface area contributed by atoms with Crippen LogP contribution in [0.1, 0.15) is 20.7 Å². The second-order valence-electron chi connectivity index (χ2n) is 5.19. The molecule has 0 unspecified atom stereocenters. The van der Waals surface area contributed by atoms with Crippen molar-refractivity contribution < 1.29 is 19.1 Å². The first-order chi connectivity index (χ1) is 11.7. The lowest BCUT2D eigenvalue weighted by Crippen LogP contribution is -2.19. The molecular formula is C18H9N2O4+. The van der Waals surface area contributed by atoms with Gasteiger partial charge in [-0.15, -0.1) is 0 Å². The number of para-hydroxylation sites is 1. The molecule has 0 N–H and O–H groups in total. The van der Waals surface area contributed by atoms with Gasteiger partial charge < -0.3 is 9.47 Å². The van der Waals surface area contributed by atoms with Gasteiger partial charge in [-0.05, 0) is 24.3 Å². The second kappa shape index (κ2) is 5.18. The number of carbonyl (C=O) groups excluding carboxylic acids is 2. The standard InChI is InChI=1S/C18H9N2O4/c19-20-13-6-1-2-7-15(13)23-14-9-8-12-16-10(14)4-3-5-11(16)17(21)24-18(12)22/h1-9H/q+1. The molecule has 3 aromatic rings. The van der Waals surface area contributed by atoms with Gasteiger partial charge in [-0.1, -0.05) is 24.3 Å². The van der Waals surface area contributed by atoms with Crippen molar-refractivity contribution in [1.29, 1.82) is 5.39 Å². The number of nitrogens with zero attached hydrogens (tertiary/aromatic N) is 2. The first kappa shape index (κ1) is 13.9. The van der Waals surface area contributed by atoms with Crippen LogP contribution >= 0.6 is 0 Å². The van der Waals surface area contributed by atoms with Crippen LogP contribution in [0.3, 0.4) is 0 Å². The Morgan fingerprint density at radius 1 is 0.833 bits per heavy atom. The average Bonchev–Trinajstić information content (AvgIpc) is 2.61. The van der Waals surface area contributed by atoms with Crippen molar-refractivity contribution in [3.63, 3.8) is 0 Å². The van der Waals surface area contributed by atoms with Gasteiger partial charge in [0.1, 0.15) is 5.75 Å². The highest BCUT2D eigenvalue weighted by molar-refractivity contribution is 6.21. The minimum absolute atomic E-state index is 0.272. The van der Waals surface area contributed by atoms with Gasteiger partial charge in [-0.25, -0.2) is 9.59 Å². The molecule has 24 heavy (non-hydrogen) atoms. The molecule has 4 rings (SSSR count). The van der Waals surface area contributed by atoms with Crippen LogP contribution in [-0.2, 0) is 4.74 Å². The van der Waals surface area contributed by atoms with E-state index in [4.69, 9.17) is 14.9 Å². The monoisotopic (exact) mass is 317 g/mol. The average molecular weight is 317 g/mol. The summed E-state index contributed by atoms with van der Waals surface area (Å²) in [4.78, 5) is 27.0. The molecule has 114 valence electrons. The van der Waals surface area contributed by atoms with E-state index in [9.17, 15) is 9.59 Å². The molecular weight excluding hydrogens is 308 g/mol. The largest absolute Gasteiger partial charge is 0.448 e. The Hall–Kier alpha value is -3.72. The van der Waals surface area contributed by atoms with Crippen LogP contribution in [0.15, 0.2) is 54.6 Å². The molecule has 6 nitrogen and oxygen atoms in total. The van der Waals surface area contributed by atoms with Crippen molar-refractivity contribution >= 4 is 28.4 Å². The summed E-state index contributed by atoms with van der Waals surface area (Å²) >= 11 is 0. The van der Waals surface area contributed by atoms with Crippen LogP contribution in [0, 0.1) is 5.39 Å². The molecule has 3 aromatic carbocycles. The minimum Gasteiger partial charge on any atom is -0.448 e. The van der Waals surface area contributed by atoms with E-state index in [1.165, 1.54) is 0 Å². The highest BCUT2D eigenvalue weighted by atomic mass is 16.6. The number of diazo groups is 1. The lowest BCUT2D eigenvalue weighted by molar-refractivity contribution is 0.0391. The summed E-state index contributed by atoms with van der Waals surface area (Å²) in [6.45, 7) is 0. The Labute approximate surface area is 135 Å². The van der Waals surface area contributed by atoms with Gasteiger partial charge >= 0.3 is 17.6 Å². The van der Waals surface area contributed by atoms with Crippen LogP contribution in [0.2, 0.25) is 0 Å². The molecule has 0 spiro atoms. The fourth-order valence-corrected chi connectivity index (χ4v) is 2.75. The summed E-state index contributed by atoms with van der Waals surface area (Å²) in [6, 6.07) is 14.9. The molecule has 0 fully saturated rings. The van der Waals surface area contributed by atoms with E-state index in [0.717, 1.165) is 0 Å². The summed E-state index contributed by atoms with van der Waals surface area (Å²) < 4.78 is 10.6. The van der Waals surface area contributed by atoms with E-state index in [1.807, 2.05) is 0 Å². The van der Waals surface area contributed by atoms with Gasteiger partial charge in [0.15, 0.2) is 4.98 Å². The fourth-order valence-electron chi connectivity index (χ4n) is 2.75. The highest BCUT2D eigenvalue weighted by Gasteiger charge is 2.28. The van der Waals surface area contributed by atoms with Gasteiger partial charge in [0.05, 0.1) is 11.1 Å². The number of esters is 2. The number of hydrogen-bond donors (Lipinski definition) is 0. The molecule has 0 aromatic heterocycles. The van der Waals surface area contributed by atoms with Crippen LogP contribution < -0.4 is 4.74 Å². The maximum atomic E-state index is 11.9. The van der Waals surface area contributed by atoms with E-state index in [0.29, 0.717) is 33.4 Å². The van der Waals surface area contributed by atoms with Gasteiger partial charge in [-0.2, -0.15) is 0 Å². The molecule has 0 atom stereocenters. The van der Waals surface area contributed by atoms with Crippen LogP contribution in [-0.4, -0.2) is 11.9 Å². The van der Waals surface area contributed by atoms with Gasteiger partial charge in [0, 0.05) is 16.8 Å². The summed E-state index contributed by atoms with van der Waals surface area (Å²) in [5, 5.41) is 10.1. The highest BCUT2D eigenvalue weighted by Crippen LogP contribution is 2.38. The quantitative estimate of drug-likeness (QED) is 0.397. The summed E-state index contributed by atoms with van der Waals surface area (Å²) in [5.74, 6) is -0.568. The van der Waals surface area contributed by atoms with Crippen LogP contribution in [0.4, 0.5) is 5.69 Å². The van der Waals surface area contributed by atoms with E-state index in [2.05, 4.69) is 4.98 Å². The van der Waals surface area contributed by atoms with Crippen molar-refractivity contribution in [1.82, 2.24) is 0 Å². The van der Waals surface area contributed by atoms with Gasteiger partial charge in [-0.3, -0.25) is 0 Å². The topological polar surface area (TPSA) is 80.8 Å². The van der Waals surface area contributed by atoms with E-state index in [-0.39, 0.29) is 5.69 Å². The molecule has 1 heterocycles. The maximum absolute atomic E-state index is 11.9. The van der Waals surface area contributed by atoms with Crippen molar-refractivity contribution in [2.24, 2.45) is 0 Å². The number of hydrogen-bond acceptors (Lipinski definition) is 5. The summed E-state index contributed by atoms with van der Waals surface area (Å²) in [7, 11) is 0. The molecule has 0 saturated heterocycles. The Morgan fingerprint density at radius 3 is 2.38 bits per heavy atom. The van der Waals surface area contributed by atoms with E-state index in [1.54, 1.807) is 54.6 Å². The van der Waals surface area contributed by atoms with Crippen molar-refractivity contribution in [2.75, 3.05) is 0 Å². The second-order valence-corrected chi connectivity index (χ2v) is 5.19. The van der Waals surface area contributed by atoms with Gasteiger partial charge in [0.2, 0.25) is 11.1 Å². The lowest BCUT2D eigenvalue weighted by Gasteiger charge is -2.17. The Balaban J connectivity index is 1.94. The number of rotatable bonds is 2. The Morgan fingerprint density at radius 2 is 1.58 bits per heavy atom. The van der Waals surface area contributed by atoms with Crippen LogP contribution in [0.5, 0.6) is 11.5 Å². The molecule has 0 saturated carbocycles. The number of benzene rings is 3. The third kappa shape index (κ3) is 2.00. The SMILES string of the molecule is N#[N+]c1ccccc1Oc1ccc2c3c(cccc13)C(=O)OC2=O. The predicted octanol–water partition coefficient (Wildman–Crippen LogP) is 4.43. The minimum atomic E-state index is -0.680. The molecule has 1 aliphatic heterocycles. The fraction of sp³-hybridized carbons (Fsp3) is 0. The zero-order chi connectivity index (χ0) is 16.7. The van der Waals surface area contributed by atoms with E-state index >= 15 is 0 Å². The number of ether oxygens (including phenoxy) is 2. The molecule has 1 aliphatic rings. The number of cyclic esters (lactones) is 2. The summed E-state index contributed by atoms with van der Waals surface area (Å²) in [6.07, 6.45) is 0. The van der Waals surface area contributed by atoms with E-state index < -0.39 is 11.9 Å². The lowest BCUT2D eigenvalue weighted by atomic mass is 9.96. The molecule has 0 bridgehead atoms. The molecule has 6 heteroatoms. The first-order valence-electron chi connectivity index (χ1n) is 7.13. The third-order valence-electron chi connectivity index (χ3n) is 3.82. The van der Waals surface area contributed by atoms with Gasteiger partial charge in [0.25, 0.3) is 0 Å². The number of carbonyl (C=O) groups is 2.